The van der Waals surface area contributed by atoms with Gasteiger partial charge in [0.2, 0.25) is 0 Å². The number of hydrogen-bond acceptors (Lipinski definition) is 3. The number of rotatable bonds is 3. The van der Waals surface area contributed by atoms with E-state index in [1.165, 1.54) is 0 Å². The number of aryl methyl sites for hydroxylation is 1. The molecule has 0 fully saturated rings. The van der Waals surface area contributed by atoms with Crippen LogP contribution >= 0.6 is 11.6 Å². The maximum atomic E-state index is 11.4. The fraction of sp³-hybridized carbons (Fsp3) is 0.0588. The smallest absolute Gasteiger partial charge is 0.337 e. The van der Waals surface area contributed by atoms with E-state index in [0.717, 1.165) is 22.2 Å². The standard InChI is InChI=1S/C17H13ClN2O2/c1-10-3-2-4-13(17(21)22)16(10)20-14-7-8-19-15-9-11(18)5-6-12(14)15/h2-9H,1H3,(H,19,20)(H,21,22). The van der Waals surface area contributed by atoms with Gasteiger partial charge in [0, 0.05) is 22.3 Å². The van der Waals surface area contributed by atoms with Crippen LogP contribution in [0.4, 0.5) is 11.4 Å². The molecular weight excluding hydrogens is 300 g/mol. The highest BCUT2D eigenvalue weighted by Crippen LogP contribution is 2.30. The van der Waals surface area contributed by atoms with E-state index in [4.69, 9.17) is 11.6 Å². The molecule has 3 rings (SSSR count). The number of aromatic nitrogens is 1. The van der Waals surface area contributed by atoms with Crippen LogP contribution in [0.15, 0.2) is 48.7 Å². The SMILES string of the molecule is Cc1cccc(C(=O)O)c1Nc1ccnc2cc(Cl)ccc12. The lowest BCUT2D eigenvalue weighted by molar-refractivity contribution is 0.0698. The molecule has 0 aliphatic rings. The molecule has 0 radical (unpaired) electrons. The second-order valence-electron chi connectivity index (χ2n) is 4.95. The number of anilines is 2. The summed E-state index contributed by atoms with van der Waals surface area (Å²) in [5, 5.41) is 14.1. The molecule has 0 atom stereocenters. The van der Waals surface area contributed by atoms with Crippen molar-refractivity contribution in [3.8, 4) is 0 Å². The van der Waals surface area contributed by atoms with Crippen molar-refractivity contribution in [2.24, 2.45) is 0 Å². The monoisotopic (exact) mass is 312 g/mol. The lowest BCUT2D eigenvalue weighted by atomic mass is 10.1. The molecule has 110 valence electrons. The number of carboxylic acid groups (broad SMARTS) is 1. The van der Waals surface area contributed by atoms with Gasteiger partial charge in [-0.2, -0.15) is 0 Å². The molecule has 0 spiro atoms. The average Bonchev–Trinajstić information content (AvgIpc) is 2.48. The van der Waals surface area contributed by atoms with Gasteiger partial charge in [0.1, 0.15) is 0 Å². The Bertz CT molecular complexity index is 878. The van der Waals surface area contributed by atoms with E-state index in [0.29, 0.717) is 10.7 Å². The van der Waals surface area contributed by atoms with Gasteiger partial charge in [-0.1, -0.05) is 23.7 Å². The average molecular weight is 313 g/mol. The zero-order chi connectivity index (χ0) is 15.7. The quantitative estimate of drug-likeness (QED) is 0.739. The van der Waals surface area contributed by atoms with Crippen LogP contribution in [0.5, 0.6) is 0 Å². The zero-order valence-corrected chi connectivity index (χ0v) is 12.6. The van der Waals surface area contributed by atoms with Crippen molar-refractivity contribution >= 4 is 39.8 Å². The normalized spacial score (nSPS) is 10.6. The Morgan fingerprint density at radius 1 is 1.23 bits per heavy atom. The van der Waals surface area contributed by atoms with Gasteiger partial charge in [0.05, 0.1) is 16.8 Å². The Kier molecular flexibility index (Phi) is 3.69. The lowest BCUT2D eigenvalue weighted by Crippen LogP contribution is -2.04. The molecule has 0 amide bonds. The van der Waals surface area contributed by atoms with E-state index in [1.807, 2.05) is 25.1 Å². The van der Waals surface area contributed by atoms with Gasteiger partial charge in [0.25, 0.3) is 0 Å². The molecule has 2 N–H and O–H groups in total. The summed E-state index contributed by atoms with van der Waals surface area (Å²) < 4.78 is 0. The number of nitrogens with one attached hydrogen (secondary N) is 1. The molecule has 0 saturated carbocycles. The van der Waals surface area contributed by atoms with Crippen molar-refractivity contribution in [2.45, 2.75) is 6.92 Å². The van der Waals surface area contributed by atoms with E-state index in [1.54, 1.807) is 30.5 Å². The van der Waals surface area contributed by atoms with Crippen LogP contribution in [-0.2, 0) is 0 Å². The minimum Gasteiger partial charge on any atom is -0.478 e. The number of carboxylic acids is 1. The fourth-order valence-corrected chi connectivity index (χ4v) is 2.54. The minimum atomic E-state index is -0.965. The van der Waals surface area contributed by atoms with Gasteiger partial charge in [-0.25, -0.2) is 4.79 Å². The zero-order valence-electron chi connectivity index (χ0n) is 11.8. The van der Waals surface area contributed by atoms with E-state index in [-0.39, 0.29) is 5.56 Å². The number of benzene rings is 2. The fourth-order valence-electron chi connectivity index (χ4n) is 2.38. The van der Waals surface area contributed by atoms with Gasteiger partial charge in [-0.15, -0.1) is 0 Å². The highest BCUT2D eigenvalue weighted by molar-refractivity contribution is 6.31. The molecule has 0 aliphatic heterocycles. The number of aromatic carboxylic acids is 1. The summed E-state index contributed by atoms with van der Waals surface area (Å²) in [6.45, 7) is 1.87. The Morgan fingerprint density at radius 3 is 2.82 bits per heavy atom. The van der Waals surface area contributed by atoms with Crippen LogP contribution in [0.25, 0.3) is 10.9 Å². The Morgan fingerprint density at radius 2 is 2.05 bits per heavy atom. The third kappa shape index (κ3) is 2.61. The third-order valence-electron chi connectivity index (χ3n) is 3.47. The molecule has 5 heteroatoms. The Hall–Kier alpha value is -2.59. The molecule has 1 aromatic heterocycles. The molecule has 0 saturated heterocycles. The predicted octanol–water partition coefficient (Wildman–Crippen LogP) is 4.64. The summed E-state index contributed by atoms with van der Waals surface area (Å²) >= 11 is 5.99. The number of halogens is 1. The van der Waals surface area contributed by atoms with Gasteiger partial charge in [-0.05, 0) is 42.8 Å². The van der Waals surface area contributed by atoms with Crippen molar-refractivity contribution in [1.82, 2.24) is 4.98 Å². The van der Waals surface area contributed by atoms with Gasteiger partial charge in [0.15, 0.2) is 0 Å². The second-order valence-corrected chi connectivity index (χ2v) is 5.38. The number of hydrogen-bond donors (Lipinski definition) is 2. The van der Waals surface area contributed by atoms with Gasteiger partial charge in [-0.3, -0.25) is 4.98 Å². The molecule has 1 heterocycles. The molecular formula is C17H13ClN2O2. The minimum absolute atomic E-state index is 0.235. The van der Waals surface area contributed by atoms with E-state index in [2.05, 4.69) is 10.3 Å². The van der Waals surface area contributed by atoms with Crippen LogP contribution in [0.1, 0.15) is 15.9 Å². The number of nitrogens with zero attached hydrogens (tertiary/aromatic N) is 1. The molecule has 4 nitrogen and oxygen atoms in total. The summed E-state index contributed by atoms with van der Waals surface area (Å²) in [5.41, 5.74) is 3.22. The number of carbonyl (C=O) groups is 1. The molecule has 0 unspecified atom stereocenters. The first kappa shape index (κ1) is 14.4. The van der Waals surface area contributed by atoms with E-state index >= 15 is 0 Å². The Balaban J connectivity index is 2.14. The Labute approximate surface area is 132 Å². The topological polar surface area (TPSA) is 62.2 Å². The summed E-state index contributed by atoms with van der Waals surface area (Å²) in [7, 11) is 0. The summed E-state index contributed by atoms with van der Waals surface area (Å²) in [4.78, 5) is 15.7. The van der Waals surface area contributed by atoms with Gasteiger partial charge < -0.3 is 10.4 Å². The first-order valence-electron chi connectivity index (χ1n) is 6.70. The molecule has 0 bridgehead atoms. The highest BCUT2D eigenvalue weighted by atomic mass is 35.5. The van der Waals surface area contributed by atoms with Crippen LogP contribution < -0.4 is 5.32 Å². The molecule has 0 aliphatic carbocycles. The maximum absolute atomic E-state index is 11.4. The van der Waals surface area contributed by atoms with Crippen LogP contribution in [0.2, 0.25) is 5.02 Å². The van der Waals surface area contributed by atoms with E-state index < -0.39 is 5.97 Å². The third-order valence-corrected chi connectivity index (χ3v) is 3.70. The van der Waals surface area contributed by atoms with Crippen molar-refractivity contribution < 1.29 is 9.90 Å². The summed E-state index contributed by atoms with van der Waals surface area (Å²) in [6, 6.07) is 12.4. The molecule has 22 heavy (non-hydrogen) atoms. The van der Waals surface area contributed by atoms with E-state index in [9.17, 15) is 9.90 Å². The summed E-state index contributed by atoms with van der Waals surface area (Å²) in [6.07, 6.45) is 1.67. The second kappa shape index (κ2) is 5.66. The predicted molar refractivity (Wildman–Crippen MR) is 88.2 cm³/mol. The van der Waals surface area contributed by atoms with Crippen molar-refractivity contribution in [3.63, 3.8) is 0 Å². The highest BCUT2D eigenvalue weighted by Gasteiger charge is 2.13. The van der Waals surface area contributed by atoms with Gasteiger partial charge >= 0.3 is 5.97 Å². The number of para-hydroxylation sites is 1. The largest absolute Gasteiger partial charge is 0.478 e. The van der Waals surface area contributed by atoms with Crippen LogP contribution in [0.3, 0.4) is 0 Å². The van der Waals surface area contributed by atoms with Crippen LogP contribution in [0, 0.1) is 6.92 Å². The molecule has 2 aromatic carbocycles. The van der Waals surface area contributed by atoms with Crippen molar-refractivity contribution in [2.75, 3.05) is 5.32 Å². The van der Waals surface area contributed by atoms with Crippen molar-refractivity contribution in [3.05, 3.63) is 64.8 Å². The van der Waals surface area contributed by atoms with Crippen molar-refractivity contribution in [1.29, 1.82) is 0 Å². The first-order chi connectivity index (χ1) is 10.6. The number of pyridine rings is 1. The maximum Gasteiger partial charge on any atom is 0.337 e. The number of fused-ring (bicyclic) bond motifs is 1. The van der Waals surface area contributed by atoms with Crippen LogP contribution in [-0.4, -0.2) is 16.1 Å². The molecule has 3 aromatic rings. The first-order valence-corrected chi connectivity index (χ1v) is 7.08. The summed E-state index contributed by atoms with van der Waals surface area (Å²) in [5.74, 6) is -0.965. The lowest BCUT2D eigenvalue weighted by Gasteiger charge is -2.14.